The van der Waals surface area contributed by atoms with E-state index in [4.69, 9.17) is 16.7 Å². The molecule has 1 aromatic heterocycles. The van der Waals surface area contributed by atoms with E-state index >= 15 is 0 Å². The van der Waals surface area contributed by atoms with Crippen molar-refractivity contribution in [3.8, 4) is 5.75 Å². The minimum atomic E-state index is -0.853. The summed E-state index contributed by atoms with van der Waals surface area (Å²) >= 11 is 5.03. The van der Waals surface area contributed by atoms with Crippen LogP contribution >= 0.6 is 11.6 Å². The van der Waals surface area contributed by atoms with Crippen LogP contribution < -0.4 is 5.56 Å². The average molecular weight is 174 g/mol. The Morgan fingerprint density at radius 1 is 1.64 bits per heavy atom. The highest BCUT2D eigenvalue weighted by molar-refractivity contribution is 6.68. The van der Waals surface area contributed by atoms with Gasteiger partial charge < -0.3 is 10.1 Å². The molecule has 0 saturated carbocycles. The zero-order valence-corrected chi connectivity index (χ0v) is 6.05. The van der Waals surface area contributed by atoms with Crippen LogP contribution in [0.1, 0.15) is 10.4 Å². The van der Waals surface area contributed by atoms with Gasteiger partial charge in [-0.05, 0) is 17.7 Å². The molecule has 0 aliphatic carbocycles. The third-order valence-corrected chi connectivity index (χ3v) is 1.35. The van der Waals surface area contributed by atoms with Gasteiger partial charge in [0.1, 0.15) is 0 Å². The van der Waals surface area contributed by atoms with Gasteiger partial charge in [-0.15, -0.1) is 0 Å². The van der Waals surface area contributed by atoms with Gasteiger partial charge in [0.25, 0.3) is 10.8 Å². The lowest BCUT2D eigenvalue weighted by Crippen LogP contribution is -2.07. The van der Waals surface area contributed by atoms with Crippen molar-refractivity contribution < 1.29 is 9.90 Å². The number of hydrogen-bond acceptors (Lipinski definition) is 3. The molecule has 0 radical (unpaired) electrons. The van der Waals surface area contributed by atoms with Gasteiger partial charge in [-0.3, -0.25) is 9.59 Å². The summed E-state index contributed by atoms with van der Waals surface area (Å²) in [6, 6.07) is 1.23. The lowest BCUT2D eigenvalue weighted by Gasteiger charge is -1.94. The Kier molecular flexibility index (Phi) is 1.96. The molecule has 11 heavy (non-hydrogen) atoms. The molecule has 4 nitrogen and oxygen atoms in total. The molecule has 1 rings (SSSR count). The number of aromatic nitrogens is 1. The number of hydrogen-bond donors (Lipinski definition) is 2. The van der Waals surface area contributed by atoms with Crippen molar-refractivity contribution in [1.29, 1.82) is 0 Å². The predicted molar refractivity (Wildman–Crippen MR) is 38.9 cm³/mol. The predicted octanol–water partition coefficient (Wildman–Crippen LogP) is 0.460. The molecule has 0 aliphatic heterocycles. The standard InChI is InChI=1S/C6H4ClNO3/c7-5(10)3-1-2-8-6(11)4(3)9/h1-2,9H,(H,8,11). The first kappa shape index (κ1) is 7.81. The zero-order valence-electron chi connectivity index (χ0n) is 5.30. The minimum absolute atomic E-state index is 0.185. The highest BCUT2D eigenvalue weighted by Gasteiger charge is 2.09. The van der Waals surface area contributed by atoms with Gasteiger partial charge in [-0.1, -0.05) is 0 Å². The molecule has 1 aromatic rings. The summed E-state index contributed by atoms with van der Waals surface area (Å²) < 4.78 is 0. The van der Waals surface area contributed by atoms with E-state index < -0.39 is 16.6 Å². The molecule has 0 unspecified atom stereocenters. The van der Waals surface area contributed by atoms with Gasteiger partial charge in [0.2, 0.25) is 0 Å². The van der Waals surface area contributed by atoms with Crippen molar-refractivity contribution >= 4 is 16.8 Å². The van der Waals surface area contributed by atoms with Gasteiger partial charge in [0, 0.05) is 6.20 Å². The van der Waals surface area contributed by atoms with E-state index in [-0.39, 0.29) is 5.56 Å². The quantitative estimate of drug-likeness (QED) is 0.606. The van der Waals surface area contributed by atoms with Crippen LogP contribution in [0.15, 0.2) is 17.1 Å². The molecular formula is C6H4ClNO3. The molecule has 0 atom stereocenters. The van der Waals surface area contributed by atoms with Crippen LogP contribution in [0.4, 0.5) is 0 Å². The number of aromatic amines is 1. The van der Waals surface area contributed by atoms with Crippen molar-refractivity contribution in [2.45, 2.75) is 0 Å². The van der Waals surface area contributed by atoms with Crippen LogP contribution in [-0.2, 0) is 0 Å². The van der Waals surface area contributed by atoms with Gasteiger partial charge >= 0.3 is 0 Å². The first-order chi connectivity index (χ1) is 5.13. The monoisotopic (exact) mass is 173 g/mol. The van der Waals surface area contributed by atoms with E-state index in [0.717, 1.165) is 0 Å². The summed E-state index contributed by atoms with van der Waals surface area (Å²) in [5, 5.41) is 8.07. The van der Waals surface area contributed by atoms with Crippen LogP contribution in [-0.4, -0.2) is 15.3 Å². The maximum absolute atomic E-state index is 10.6. The van der Waals surface area contributed by atoms with Gasteiger partial charge in [-0.2, -0.15) is 0 Å². The Balaban J connectivity index is 3.39. The second kappa shape index (κ2) is 2.75. The first-order valence-electron chi connectivity index (χ1n) is 2.73. The topological polar surface area (TPSA) is 70.2 Å². The average Bonchev–Trinajstić information content (AvgIpc) is 1.94. The maximum Gasteiger partial charge on any atom is 0.290 e. The summed E-state index contributed by atoms with van der Waals surface area (Å²) in [5.74, 6) is -0.646. The Hall–Kier alpha value is -1.29. The van der Waals surface area contributed by atoms with Crippen molar-refractivity contribution in [1.82, 2.24) is 4.98 Å². The van der Waals surface area contributed by atoms with E-state index in [9.17, 15) is 9.59 Å². The Morgan fingerprint density at radius 3 is 2.73 bits per heavy atom. The normalized spacial score (nSPS) is 9.55. The van der Waals surface area contributed by atoms with Gasteiger partial charge in [0.05, 0.1) is 5.56 Å². The third-order valence-electron chi connectivity index (χ3n) is 1.15. The lowest BCUT2D eigenvalue weighted by atomic mass is 10.3. The van der Waals surface area contributed by atoms with Crippen molar-refractivity contribution in [3.05, 3.63) is 28.2 Å². The maximum atomic E-state index is 10.6. The van der Waals surface area contributed by atoms with Gasteiger partial charge in [-0.25, -0.2) is 0 Å². The van der Waals surface area contributed by atoms with Crippen molar-refractivity contribution in [3.63, 3.8) is 0 Å². The first-order valence-corrected chi connectivity index (χ1v) is 3.11. The van der Waals surface area contributed by atoms with E-state index in [1.807, 2.05) is 0 Å². The van der Waals surface area contributed by atoms with Crippen LogP contribution in [0.5, 0.6) is 5.75 Å². The fourth-order valence-electron chi connectivity index (χ4n) is 0.629. The van der Waals surface area contributed by atoms with E-state index in [2.05, 4.69) is 4.98 Å². The molecule has 0 aliphatic rings. The zero-order chi connectivity index (χ0) is 8.43. The summed E-state index contributed by atoms with van der Waals surface area (Å²) in [6.07, 6.45) is 1.23. The summed E-state index contributed by atoms with van der Waals surface area (Å²) in [7, 11) is 0. The number of rotatable bonds is 1. The molecule has 0 spiro atoms. The molecule has 2 N–H and O–H groups in total. The Bertz CT molecular complexity index is 344. The van der Waals surface area contributed by atoms with E-state index in [1.165, 1.54) is 12.3 Å². The highest BCUT2D eigenvalue weighted by atomic mass is 35.5. The van der Waals surface area contributed by atoms with E-state index in [0.29, 0.717) is 0 Å². The largest absolute Gasteiger partial charge is 0.502 e. The fourth-order valence-corrected chi connectivity index (χ4v) is 0.781. The smallest absolute Gasteiger partial charge is 0.290 e. The summed E-state index contributed by atoms with van der Waals surface area (Å²) in [6.45, 7) is 0. The SMILES string of the molecule is O=C(Cl)c1cc[nH]c(=O)c1O. The molecule has 0 saturated heterocycles. The molecule has 0 fully saturated rings. The third kappa shape index (κ3) is 1.40. The lowest BCUT2D eigenvalue weighted by molar-refractivity contribution is 0.107. The van der Waals surface area contributed by atoms with Crippen molar-refractivity contribution in [2.24, 2.45) is 0 Å². The fraction of sp³-hybridized carbons (Fsp3) is 0. The van der Waals surface area contributed by atoms with E-state index in [1.54, 1.807) is 0 Å². The van der Waals surface area contributed by atoms with Crippen LogP contribution in [0.2, 0.25) is 0 Å². The number of nitrogens with one attached hydrogen (secondary N) is 1. The molecule has 5 heteroatoms. The summed E-state index contributed by atoms with van der Waals surface area (Å²) in [4.78, 5) is 23.3. The Labute approximate surface area is 66.4 Å². The molecule has 58 valence electrons. The highest BCUT2D eigenvalue weighted by Crippen LogP contribution is 2.11. The minimum Gasteiger partial charge on any atom is -0.502 e. The second-order valence-corrected chi connectivity index (χ2v) is 2.19. The molecular weight excluding hydrogens is 170 g/mol. The number of H-pyrrole nitrogens is 1. The van der Waals surface area contributed by atoms with Crippen molar-refractivity contribution in [2.75, 3.05) is 0 Å². The number of pyridine rings is 1. The molecule has 1 heterocycles. The number of carbonyl (C=O) groups excluding carboxylic acids is 1. The van der Waals surface area contributed by atoms with Gasteiger partial charge in [0.15, 0.2) is 5.75 Å². The molecule has 0 bridgehead atoms. The Morgan fingerprint density at radius 2 is 2.27 bits per heavy atom. The number of halogens is 1. The molecule has 0 amide bonds. The molecule has 0 aromatic carbocycles. The van der Waals surface area contributed by atoms with Crippen LogP contribution in [0, 0.1) is 0 Å². The number of carbonyl (C=O) groups is 1. The number of aromatic hydroxyl groups is 1. The second-order valence-electron chi connectivity index (χ2n) is 1.84. The van der Waals surface area contributed by atoms with Crippen LogP contribution in [0.25, 0.3) is 0 Å². The summed E-state index contributed by atoms with van der Waals surface area (Å²) in [5.41, 5.74) is -0.910. The van der Waals surface area contributed by atoms with Crippen LogP contribution in [0.3, 0.4) is 0 Å².